The maximum absolute atomic E-state index is 12.7. The zero-order valence-corrected chi connectivity index (χ0v) is 20.6. The molecule has 0 radical (unpaired) electrons. The molecule has 13 heteroatoms. The molecule has 4 rings (SSSR count). The highest BCUT2D eigenvalue weighted by molar-refractivity contribution is 7.89. The minimum atomic E-state index is -3.74. The van der Waals surface area contributed by atoms with Gasteiger partial charge in [-0.05, 0) is 57.4 Å². The van der Waals surface area contributed by atoms with Gasteiger partial charge in [0.05, 0.1) is 6.54 Å². The molecule has 0 atom stereocenters. The van der Waals surface area contributed by atoms with E-state index in [9.17, 15) is 18.0 Å². The van der Waals surface area contributed by atoms with Crippen LogP contribution in [0.2, 0.25) is 0 Å². The third-order valence-electron chi connectivity index (χ3n) is 5.22. The molecule has 0 aliphatic carbocycles. The Morgan fingerprint density at radius 2 is 1.83 bits per heavy atom. The predicted octanol–water partition coefficient (Wildman–Crippen LogP) is 1.61. The maximum atomic E-state index is 12.7. The van der Waals surface area contributed by atoms with Gasteiger partial charge in [-0.3, -0.25) is 15.1 Å². The van der Waals surface area contributed by atoms with Gasteiger partial charge in [0.1, 0.15) is 4.90 Å². The van der Waals surface area contributed by atoms with Crippen LogP contribution < -0.4 is 15.4 Å². The zero-order chi connectivity index (χ0) is 25.2. The van der Waals surface area contributed by atoms with Gasteiger partial charge in [0.15, 0.2) is 5.65 Å². The van der Waals surface area contributed by atoms with Crippen LogP contribution in [-0.4, -0.2) is 70.0 Å². The number of urea groups is 1. The van der Waals surface area contributed by atoms with Crippen molar-refractivity contribution in [2.24, 2.45) is 0 Å². The number of nitrogens with one attached hydrogen (secondary N) is 3. The summed E-state index contributed by atoms with van der Waals surface area (Å²) < 4.78 is 29.4. The fraction of sp³-hybridized carbons (Fsp3) is 0.409. The molecule has 3 aromatic rings. The number of rotatable bonds is 6. The Kier molecular flexibility index (Phi) is 6.72. The largest absolute Gasteiger partial charge is 0.341 e. The molecule has 1 fully saturated rings. The average Bonchev–Trinajstić information content (AvgIpc) is 3.45. The lowest BCUT2D eigenvalue weighted by atomic mass is 10.1. The van der Waals surface area contributed by atoms with E-state index in [1.54, 1.807) is 50.2 Å². The van der Waals surface area contributed by atoms with Crippen LogP contribution in [-0.2, 0) is 14.8 Å². The second-order valence-electron chi connectivity index (χ2n) is 9.31. The van der Waals surface area contributed by atoms with Crippen LogP contribution in [0.25, 0.3) is 16.8 Å². The quantitative estimate of drug-likeness (QED) is 0.465. The molecule has 3 N–H and O–H groups in total. The van der Waals surface area contributed by atoms with Crippen LogP contribution in [0.3, 0.4) is 0 Å². The molecule has 186 valence electrons. The van der Waals surface area contributed by atoms with Crippen LogP contribution >= 0.6 is 0 Å². The third-order valence-corrected chi connectivity index (χ3v) is 6.94. The Bertz CT molecular complexity index is 1360. The summed E-state index contributed by atoms with van der Waals surface area (Å²) in [6.07, 6.45) is 6.46. The molecule has 0 spiro atoms. The number of fused-ring (bicyclic) bond motifs is 1. The molecular formula is C22H28N8O4S. The molecule has 1 aliphatic heterocycles. The lowest BCUT2D eigenvalue weighted by Crippen LogP contribution is -2.40. The van der Waals surface area contributed by atoms with Crippen molar-refractivity contribution < 1.29 is 18.0 Å². The minimum Gasteiger partial charge on any atom is -0.341 e. The van der Waals surface area contributed by atoms with Crippen molar-refractivity contribution in [2.45, 2.75) is 44.0 Å². The highest BCUT2D eigenvalue weighted by atomic mass is 32.2. The summed E-state index contributed by atoms with van der Waals surface area (Å²) in [6, 6.07) is 4.40. The SMILES string of the molecule is CC(C)(C)NS(=O)(=O)c1cncc(-c2ccn3nc(NC(=O)NCC(=O)N4CCCC4)nc3c2)c1. The fourth-order valence-corrected chi connectivity index (χ4v) is 5.09. The van der Waals surface area contributed by atoms with Crippen LogP contribution in [0, 0.1) is 0 Å². The topological polar surface area (TPSA) is 151 Å². The third kappa shape index (κ3) is 6.11. The van der Waals surface area contributed by atoms with E-state index >= 15 is 0 Å². The van der Waals surface area contributed by atoms with E-state index < -0.39 is 21.6 Å². The highest BCUT2D eigenvalue weighted by Gasteiger charge is 2.23. The van der Waals surface area contributed by atoms with Gasteiger partial charge in [0.25, 0.3) is 5.95 Å². The summed E-state index contributed by atoms with van der Waals surface area (Å²) in [6.45, 7) is 6.63. The van der Waals surface area contributed by atoms with E-state index in [2.05, 4.69) is 30.4 Å². The number of carbonyl (C=O) groups is 2. The molecule has 0 unspecified atom stereocenters. The number of likely N-dealkylation sites (tertiary alicyclic amines) is 1. The molecular weight excluding hydrogens is 472 g/mol. The van der Waals surface area contributed by atoms with Gasteiger partial charge in [0.2, 0.25) is 15.9 Å². The summed E-state index contributed by atoms with van der Waals surface area (Å²) in [5.74, 6) is -0.0575. The second-order valence-corrected chi connectivity index (χ2v) is 11.0. The summed E-state index contributed by atoms with van der Waals surface area (Å²) >= 11 is 0. The fourth-order valence-electron chi connectivity index (χ4n) is 3.68. The van der Waals surface area contributed by atoms with Crippen LogP contribution in [0.5, 0.6) is 0 Å². The van der Waals surface area contributed by atoms with Crippen molar-refractivity contribution in [1.29, 1.82) is 0 Å². The predicted molar refractivity (Wildman–Crippen MR) is 129 cm³/mol. The Morgan fingerprint density at radius 3 is 2.54 bits per heavy atom. The normalized spacial score (nSPS) is 14.3. The lowest BCUT2D eigenvalue weighted by Gasteiger charge is -2.20. The van der Waals surface area contributed by atoms with Crippen LogP contribution in [0.1, 0.15) is 33.6 Å². The first-order chi connectivity index (χ1) is 16.5. The van der Waals surface area contributed by atoms with E-state index in [0.29, 0.717) is 16.8 Å². The van der Waals surface area contributed by atoms with Crippen molar-refractivity contribution >= 4 is 33.6 Å². The van der Waals surface area contributed by atoms with Gasteiger partial charge in [-0.25, -0.2) is 22.4 Å². The smallest absolute Gasteiger partial charge is 0.322 e. The molecule has 1 aliphatic rings. The van der Waals surface area contributed by atoms with Crippen molar-refractivity contribution in [1.82, 2.24) is 34.5 Å². The zero-order valence-electron chi connectivity index (χ0n) is 19.8. The number of amides is 3. The molecule has 4 heterocycles. The molecule has 3 amide bonds. The van der Waals surface area contributed by atoms with Crippen molar-refractivity contribution in [3.05, 3.63) is 36.8 Å². The number of hydrogen-bond donors (Lipinski definition) is 3. The van der Waals surface area contributed by atoms with Gasteiger partial charge in [0, 0.05) is 42.8 Å². The number of anilines is 1. The van der Waals surface area contributed by atoms with Crippen molar-refractivity contribution in [3.8, 4) is 11.1 Å². The second kappa shape index (κ2) is 9.58. The van der Waals surface area contributed by atoms with Gasteiger partial charge < -0.3 is 10.2 Å². The van der Waals surface area contributed by atoms with Gasteiger partial charge >= 0.3 is 6.03 Å². The highest BCUT2D eigenvalue weighted by Crippen LogP contribution is 2.23. The number of sulfonamides is 1. The van der Waals surface area contributed by atoms with E-state index in [1.165, 1.54) is 16.8 Å². The van der Waals surface area contributed by atoms with E-state index in [1.807, 2.05) is 0 Å². The summed E-state index contributed by atoms with van der Waals surface area (Å²) in [4.78, 5) is 34.4. The van der Waals surface area contributed by atoms with Crippen LogP contribution in [0.4, 0.5) is 10.7 Å². The first-order valence-electron chi connectivity index (χ1n) is 11.2. The van der Waals surface area contributed by atoms with Crippen molar-refractivity contribution in [3.63, 3.8) is 0 Å². The van der Waals surface area contributed by atoms with E-state index in [-0.39, 0.29) is 23.3 Å². The average molecular weight is 501 g/mol. The molecule has 12 nitrogen and oxygen atoms in total. The molecule has 0 saturated carbocycles. The number of carbonyl (C=O) groups excluding carboxylic acids is 2. The van der Waals surface area contributed by atoms with Gasteiger partial charge in [-0.2, -0.15) is 4.98 Å². The van der Waals surface area contributed by atoms with Crippen molar-refractivity contribution in [2.75, 3.05) is 25.0 Å². The Hall–Kier alpha value is -3.58. The van der Waals surface area contributed by atoms with Gasteiger partial charge in [-0.1, -0.05) is 0 Å². The standard InChI is InChI=1S/C22H28N8O4S/c1-22(2,3)28-35(33,34)17-10-16(12-23-13-17)15-6-9-30-18(11-15)25-20(27-30)26-21(32)24-14-19(31)29-7-4-5-8-29/h6,9-13,28H,4-5,7-8,14H2,1-3H3,(H2,24,26,27,32). The van der Waals surface area contributed by atoms with Gasteiger partial charge in [-0.15, -0.1) is 5.10 Å². The molecule has 0 bridgehead atoms. The Balaban J connectivity index is 1.46. The van der Waals surface area contributed by atoms with E-state index in [0.717, 1.165) is 25.9 Å². The first kappa shape index (κ1) is 24.5. The molecule has 0 aromatic carbocycles. The Morgan fingerprint density at radius 1 is 1.09 bits per heavy atom. The Labute approximate surface area is 203 Å². The molecule has 35 heavy (non-hydrogen) atoms. The molecule has 1 saturated heterocycles. The number of pyridine rings is 2. The summed E-state index contributed by atoms with van der Waals surface area (Å²) in [7, 11) is -3.74. The first-order valence-corrected chi connectivity index (χ1v) is 12.7. The molecule has 3 aromatic heterocycles. The summed E-state index contributed by atoms with van der Waals surface area (Å²) in [5, 5.41) is 9.25. The summed E-state index contributed by atoms with van der Waals surface area (Å²) in [5.41, 5.74) is 1.07. The minimum absolute atomic E-state index is 0.0498. The monoisotopic (exact) mass is 500 g/mol. The number of nitrogens with zero attached hydrogens (tertiary/aromatic N) is 5. The van der Waals surface area contributed by atoms with Crippen LogP contribution in [0.15, 0.2) is 41.7 Å². The maximum Gasteiger partial charge on any atom is 0.322 e. The number of hydrogen-bond acceptors (Lipinski definition) is 7. The van der Waals surface area contributed by atoms with E-state index in [4.69, 9.17) is 0 Å². The lowest BCUT2D eigenvalue weighted by molar-refractivity contribution is -0.128. The number of aromatic nitrogens is 4.